The van der Waals surface area contributed by atoms with Crippen molar-refractivity contribution >= 4 is 11.7 Å². The normalized spacial score (nSPS) is 28.4. The number of anilines is 1. The first kappa shape index (κ1) is 18.2. The third-order valence-corrected chi connectivity index (χ3v) is 6.15. The minimum absolute atomic E-state index is 0.137. The summed E-state index contributed by atoms with van der Waals surface area (Å²) in [5.74, 6) is 2.40. The zero-order chi connectivity index (χ0) is 17.8. The van der Waals surface area contributed by atoms with E-state index < -0.39 is 0 Å². The predicted octanol–water partition coefficient (Wildman–Crippen LogP) is 2.70. The largest absolute Gasteiger partial charge is 0.357 e. The van der Waals surface area contributed by atoms with Gasteiger partial charge in [-0.15, -0.1) is 0 Å². The second kappa shape index (κ2) is 8.17. The van der Waals surface area contributed by atoms with Crippen LogP contribution in [0.25, 0.3) is 0 Å². The summed E-state index contributed by atoms with van der Waals surface area (Å²) in [6.45, 7) is 6.72. The Morgan fingerprint density at radius 1 is 1.24 bits per heavy atom. The summed E-state index contributed by atoms with van der Waals surface area (Å²) >= 11 is 0. The van der Waals surface area contributed by atoms with Crippen LogP contribution in [0, 0.1) is 17.8 Å². The first-order chi connectivity index (χ1) is 12.1. The number of hydrogen-bond donors (Lipinski definition) is 2. The van der Waals surface area contributed by atoms with Crippen molar-refractivity contribution in [2.75, 3.05) is 18.0 Å². The third kappa shape index (κ3) is 4.14. The van der Waals surface area contributed by atoms with E-state index in [0.29, 0.717) is 24.4 Å². The van der Waals surface area contributed by atoms with Gasteiger partial charge in [0.05, 0.1) is 0 Å². The molecule has 2 bridgehead atoms. The maximum atomic E-state index is 12.6. The molecule has 1 aromatic heterocycles. The van der Waals surface area contributed by atoms with Gasteiger partial charge in [-0.3, -0.25) is 4.79 Å². The summed E-state index contributed by atoms with van der Waals surface area (Å²) in [6, 6.07) is 4.42. The molecule has 2 unspecified atom stereocenters. The number of hydrogen-bond acceptors (Lipinski definition) is 4. The van der Waals surface area contributed by atoms with Crippen molar-refractivity contribution in [1.82, 2.24) is 10.3 Å². The van der Waals surface area contributed by atoms with E-state index in [9.17, 15) is 4.79 Å². The monoisotopic (exact) mass is 344 g/mol. The number of pyridine rings is 1. The highest BCUT2D eigenvalue weighted by Crippen LogP contribution is 2.41. The standard InChI is InChI=1S/C20H32N4O/c1-3-24(4-2)18-9-8-14(12-22-18)13-23-20(25)17-10-15-6-5-7-16(11-17)19(15)21/h8-9,12,15-17,19H,3-7,10-11,13,21H2,1-2H3,(H,23,25). The van der Waals surface area contributed by atoms with Crippen molar-refractivity contribution in [1.29, 1.82) is 0 Å². The van der Waals surface area contributed by atoms with Crippen LogP contribution >= 0.6 is 0 Å². The minimum atomic E-state index is 0.137. The van der Waals surface area contributed by atoms with Gasteiger partial charge in [-0.1, -0.05) is 12.5 Å². The van der Waals surface area contributed by atoms with Gasteiger partial charge in [0.15, 0.2) is 0 Å². The fourth-order valence-corrected chi connectivity index (χ4v) is 4.59. The molecule has 1 aromatic rings. The predicted molar refractivity (Wildman–Crippen MR) is 101 cm³/mol. The van der Waals surface area contributed by atoms with E-state index in [1.54, 1.807) is 0 Å². The van der Waals surface area contributed by atoms with Gasteiger partial charge < -0.3 is 16.0 Å². The molecule has 1 heterocycles. The molecule has 0 aromatic carbocycles. The number of nitrogens with two attached hydrogens (primary N) is 1. The van der Waals surface area contributed by atoms with Gasteiger partial charge in [0.2, 0.25) is 5.91 Å². The quantitative estimate of drug-likeness (QED) is 0.832. The van der Waals surface area contributed by atoms with Crippen LogP contribution in [0.5, 0.6) is 0 Å². The minimum Gasteiger partial charge on any atom is -0.357 e. The van der Waals surface area contributed by atoms with Gasteiger partial charge in [-0.25, -0.2) is 4.98 Å². The van der Waals surface area contributed by atoms with Crippen LogP contribution in [-0.4, -0.2) is 30.0 Å². The second-order valence-electron chi connectivity index (χ2n) is 7.61. The first-order valence-corrected chi connectivity index (χ1v) is 9.85. The molecule has 1 amide bonds. The number of rotatable bonds is 6. The van der Waals surface area contributed by atoms with Crippen LogP contribution < -0.4 is 16.0 Å². The van der Waals surface area contributed by atoms with Crippen LogP contribution in [0.1, 0.15) is 51.5 Å². The van der Waals surface area contributed by atoms with Gasteiger partial charge in [0, 0.05) is 37.8 Å². The van der Waals surface area contributed by atoms with E-state index >= 15 is 0 Å². The van der Waals surface area contributed by atoms with Crippen molar-refractivity contribution in [2.24, 2.45) is 23.5 Å². The first-order valence-electron chi connectivity index (χ1n) is 9.85. The van der Waals surface area contributed by atoms with Crippen molar-refractivity contribution in [3.05, 3.63) is 23.9 Å². The van der Waals surface area contributed by atoms with E-state index in [1.165, 1.54) is 19.3 Å². The molecule has 0 radical (unpaired) electrons. The van der Waals surface area contributed by atoms with Crippen LogP contribution in [0.4, 0.5) is 5.82 Å². The smallest absolute Gasteiger partial charge is 0.223 e. The summed E-state index contributed by atoms with van der Waals surface area (Å²) in [5, 5.41) is 3.12. The molecule has 2 aliphatic carbocycles. The van der Waals surface area contributed by atoms with Gasteiger partial charge in [0.1, 0.15) is 5.82 Å². The Labute approximate surface area is 151 Å². The van der Waals surface area contributed by atoms with E-state index in [-0.39, 0.29) is 11.8 Å². The Kier molecular flexibility index (Phi) is 5.94. The van der Waals surface area contributed by atoms with Crippen molar-refractivity contribution < 1.29 is 4.79 Å². The van der Waals surface area contributed by atoms with Gasteiger partial charge in [-0.05, 0) is 63.0 Å². The van der Waals surface area contributed by atoms with Crippen LogP contribution in [0.15, 0.2) is 18.3 Å². The number of amides is 1. The van der Waals surface area contributed by atoms with E-state index in [0.717, 1.165) is 37.3 Å². The fraction of sp³-hybridized carbons (Fsp3) is 0.700. The lowest BCUT2D eigenvalue weighted by molar-refractivity contribution is -0.128. The summed E-state index contributed by atoms with van der Waals surface area (Å²) in [4.78, 5) is 19.3. The molecule has 0 spiro atoms. The summed E-state index contributed by atoms with van der Waals surface area (Å²) in [6.07, 6.45) is 7.46. The molecule has 138 valence electrons. The Balaban J connectivity index is 1.52. The van der Waals surface area contributed by atoms with Crippen LogP contribution in [0.3, 0.4) is 0 Å². The second-order valence-corrected chi connectivity index (χ2v) is 7.61. The molecule has 0 aliphatic heterocycles. The van der Waals surface area contributed by atoms with Crippen LogP contribution in [0.2, 0.25) is 0 Å². The van der Waals surface area contributed by atoms with Gasteiger partial charge in [-0.2, -0.15) is 0 Å². The highest BCUT2D eigenvalue weighted by molar-refractivity contribution is 5.78. The zero-order valence-electron chi connectivity index (χ0n) is 15.6. The topological polar surface area (TPSA) is 71.2 Å². The number of fused-ring (bicyclic) bond motifs is 2. The molecule has 5 heteroatoms. The van der Waals surface area contributed by atoms with E-state index in [1.807, 2.05) is 12.3 Å². The molecule has 5 nitrogen and oxygen atoms in total. The molecular weight excluding hydrogens is 312 g/mol. The third-order valence-electron chi connectivity index (χ3n) is 6.15. The maximum absolute atomic E-state index is 12.6. The average Bonchev–Trinajstić information content (AvgIpc) is 2.61. The molecule has 2 aliphatic rings. The maximum Gasteiger partial charge on any atom is 0.223 e. The van der Waals surface area contributed by atoms with Crippen molar-refractivity contribution in [2.45, 2.75) is 58.5 Å². The molecule has 2 fully saturated rings. The van der Waals surface area contributed by atoms with Gasteiger partial charge in [0.25, 0.3) is 0 Å². The van der Waals surface area contributed by atoms with E-state index in [4.69, 9.17) is 5.73 Å². The highest BCUT2D eigenvalue weighted by atomic mass is 16.1. The van der Waals surface area contributed by atoms with Crippen molar-refractivity contribution in [3.8, 4) is 0 Å². The molecular formula is C20H32N4O. The Morgan fingerprint density at radius 2 is 1.92 bits per heavy atom. The summed E-state index contributed by atoms with van der Waals surface area (Å²) in [5.41, 5.74) is 7.38. The Bertz CT molecular complexity index is 556. The summed E-state index contributed by atoms with van der Waals surface area (Å²) in [7, 11) is 0. The van der Waals surface area contributed by atoms with Crippen LogP contribution in [-0.2, 0) is 11.3 Å². The lowest BCUT2D eigenvalue weighted by Crippen LogP contribution is -2.49. The molecule has 2 atom stereocenters. The number of aromatic nitrogens is 1. The lowest BCUT2D eigenvalue weighted by Gasteiger charge is -2.43. The lowest BCUT2D eigenvalue weighted by atomic mass is 9.65. The molecule has 3 rings (SSSR count). The Morgan fingerprint density at radius 3 is 2.48 bits per heavy atom. The Hall–Kier alpha value is -1.62. The highest BCUT2D eigenvalue weighted by Gasteiger charge is 2.40. The molecule has 0 saturated heterocycles. The average molecular weight is 345 g/mol. The number of nitrogens with one attached hydrogen (secondary N) is 1. The van der Waals surface area contributed by atoms with E-state index in [2.05, 4.69) is 35.1 Å². The number of carbonyl (C=O) groups is 1. The van der Waals surface area contributed by atoms with Gasteiger partial charge >= 0.3 is 0 Å². The molecule has 25 heavy (non-hydrogen) atoms. The number of carbonyl (C=O) groups excluding carboxylic acids is 1. The van der Waals surface area contributed by atoms with Crippen molar-refractivity contribution in [3.63, 3.8) is 0 Å². The molecule has 3 N–H and O–H groups in total. The zero-order valence-corrected chi connectivity index (χ0v) is 15.6. The number of nitrogens with zero attached hydrogens (tertiary/aromatic N) is 2. The fourth-order valence-electron chi connectivity index (χ4n) is 4.59. The SMILES string of the molecule is CCN(CC)c1ccc(CNC(=O)C2CC3CCCC(C2)C3N)cn1. The summed E-state index contributed by atoms with van der Waals surface area (Å²) < 4.78 is 0. The molecule has 2 saturated carbocycles.